The molecule has 5 heteroatoms. The number of nitrogens with zero attached hydrogens (tertiary/aromatic N) is 1. The smallest absolute Gasteiger partial charge is 0.239 e. The fourth-order valence-corrected chi connectivity index (χ4v) is 5.81. The van der Waals surface area contributed by atoms with Gasteiger partial charge >= 0.3 is 0 Å². The van der Waals surface area contributed by atoms with Gasteiger partial charge in [-0.15, -0.1) is 0 Å². The van der Waals surface area contributed by atoms with E-state index in [0.29, 0.717) is 17.8 Å². The Hall–Kier alpha value is -0.170. The fourth-order valence-electron chi connectivity index (χ4n) is 4.79. The molecule has 3 fully saturated rings. The minimum Gasteiger partial charge on any atom is -0.345 e. The third-order valence-electron chi connectivity index (χ3n) is 6.28. The first-order valence-corrected chi connectivity index (χ1v) is 9.53. The largest absolute Gasteiger partial charge is 0.345 e. The Kier molecular flexibility index (Phi) is 4.58. The average molecular weight is 418 g/mol. The van der Waals surface area contributed by atoms with E-state index in [1.807, 2.05) is 0 Å². The lowest BCUT2D eigenvalue weighted by Crippen LogP contribution is -2.52. The summed E-state index contributed by atoms with van der Waals surface area (Å²) in [5.74, 6) is 1.60. The maximum atomic E-state index is 12.8. The molecule has 0 spiro atoms. The number of nitrogens with one attached hydrogen (secondary N) is 1. The van der Waals surface area contributed by atoms with Crippen molar-refractivity contribution in [3.63, 3.8) is 0 Å². The van der Waals surface area contributed by atoms with Crippen molar-refractivity contribution in [3.05, 3.63) is 0 Å². The van der Waals surface area contributed by atoms with Crippen LogP contribution < -0.4 is 5.32 Å². The van der Waals surface area contributed by atoms with Crippen molar-refractivity contribution in [2.45, 2.75) is 65.0 Å². The van der Waals surface area contributed by atoms with E-state index in [0.717, 1.165) is 19.4 Å². The molecule has 0 radical (unpaired) electrons. The van der Waals surface area contributed by atoms with Crippen LogP contribution in [0.4, 0.5) is 0 Å². The maximum absolute atomic E-state index is 12.8. The topological polar surface area (TPSA) is 49.4 Å². The Morgan fingerprint density at radius 1 is 1.23 bits per heavy atom. The van der Waals surface area contributed by atoms with Gasteiger partial charge in [0.05, 0.1) is 6.04 Å². The number of carbonyl (C=O) groups excluding carboxylic acids is 2. The minimum atomic E-state index is -0.279. The molecule has 2 aliphatic carbocycles. The molecule has 4 atom stereocenters. The molecule has 4 nitrogen and oxygen atoms in total. The van der Waals surface area contributed by atoms with E-state index in [2.05, 4.69) is 45.1 Å². The minimum absolute atomic E-state index is 0.0639. The van der Waals surface area contributed by atoms with Crippen molar-refractivity contribution >= 4 is 34.6 Å². The molecule has 3 aliphatic rings. The van der Waals surface area contributed by atoms with E-state index < -0.39 is 0 Å². The van der Waals surface area contributed by atoms with Crippen LogP contribution in [0.3, 0.4) is 0 Å². The molecule has 1 N–H and O–H groups in total. The summed E-state index contributed by atoms with van der Waals surface area (Å²) in [6.07, 6.45) is 5.77. The molecule has 124 valence electrons. The van der Waals surface area contributed by atoms with Gasteiger partial charge in [0, 0.05) is 29.4 Å². The Bertz CT molecular complexity index is 473. The van der Waals surface area contributed by atoms with Crippen LogP contribution >= 0.6 is 22.9 Å². The normalized spacial score (nSPS) is 35.7. The summed E-state index contributed by atoms with van der Waals surface area (Å²) in [7, 11) is 0. The summed E-state index contributed by atoms with van der Waals surface area (Å²) in [5.41, 5.74) is 0.278. The first kappa shape index (κ1) is 16.7. The molecular formula is C17H27IN2O2. The fraction of sp³-hybridized carbons (Fsp3) is 0.882. The van der Waals surface area contributed by atoms with Gasteiger partial charge in [-0.05, 0) is 42.9 Å². The van der Waals surface area contributed by atoms with Crippen molar-refractivity contribution in [1.29, 1.82) is 0 Å². The number of hydrogen-bond donors (Lipinski definition) is 1. The van der Waals surface area contributed by atoms with Crippen molar-refractivity contribution in [2.75, 3.05) is 6.54 Å². The highest BCUT2D eigenvalue weighted by Crippen LogP contribution is 2.65. The molecule has 0 bridgehead atoms. The number of ketones is 1. The molecule has 3 rings (SSSR count). The molecule has 0 aromatic rings. The summed E-state index contributed by atoms with van der Waals surface area (Å²) in [6.45, 7) is 7.13. The molecule has 1 amide bonds. The highest BCUT2D eigenvalue weighted by atomic mass is 127. The van der Waals surface area contributed by atoms with Crippen LogP contribution in [-0.4, -0.2) is 33.4 Å². The zero-order chi connectivity index (χ0) is 16.1. The third-order valence-corrected chi connectivity index (χ3v) is 7.27. The predicted octanol–water partition coefficient (Wildman–Crippen LogP) is 2.95. The molecular weight excluding hydrogens is 391 g/mol. The Labute approximate surface area is 147 Å². The summed E-state index contributed by atoms with van der Waals surface area (Å²) in [5, 5.41) is 3.12. The van der Waals surface area contributed by atoms with Crippen molar-refractivity contribution in [1.82, 2.24) is 8.43 Å². The molecule has 1 saturated heterocycles. The summed E-state index contributed by atoms with van der Waals surface area (Å²) >= 11 is 2.28. The van der Waals surface area contributed by atoms with Crippen LogP contribution in [0.2, 0.25) is 0 Å². The number of carbonyl (C=O) groups is 2. The molecule has 1 aliphatic heterocycles. The average Bonchev–Trinajstić information content (AvgIpc) is 2.83. The lowest BCUT2D eigenvalue weighted by atomic mass is 9.82. The zero-order valence-electron chi connectivity index (χ0n) is 13.8. The van der Waals surface area contributed by atoms with Gasteiger partial charge in [-0.3, -0.25) is 9.59 Å². The summed E-state index contributed by atoms with van der Waals surface area (Å²) < 4.78 is 2.14. The van der Waals surface area contributed by atoms with Crippen LogP contribution in [0.25, 0.3) is 0 Å². The van der Waals surface area contributed by atoms with Crippen LogP contribution in [0, 0.1) is 23.2 Å². The molecule has 0 aromatic carbocycles. The van der Waals surface area contributed by atoms with Gasteiger partial charge in [-0.25, -0.2) is 3.11 Å². The molecule has 2 saturated carbocycles. The molecule has 0 aromatic heterocycles. The number of halogens is 1. The SMILES string of the molecule is CC(=O)[C@@H](NC(=O)[C@@H]1C2C(CN1I)C2(C)C)C1CCCCC1. The maximum Gasteiger partial charge on any atom is 0.239 e. The molecule has 2 unspecified atom stereocenters. The number of amides is 1. The molecule has 1 heterocycles. The van der Waals surface area contributed by atoms with Crippen LogP contribution in [-0.2, 0) is 9.59 Å². The Morgan fingerprint density at radius 3 is 2.41 bits per heavy atom. The number of piperidine rings is 1. The quantitative estimate of drug-likeness (QED) is 0.564. The van der Waals surface area contributed by atoms with E-state index >= 15 is 0 Å². The second-order valence-corrected chi connectivity index (χ2v) is 9.22. The number of Topliss-reactive ketones (excluding diaryl/α,β-unsaturated/α-hetero) is 1. The zero-order valence-corrected chi connectivity index (χ0v) is 15.9. The highest BCUT2D eigenvalue weighted by molar-refractivity contribution is 14.1. The lowest BCUT2D eigenvalue weighted by Gasteiger charge is -2.31. The van der Waals surface area contributed by atoms with E-state index in [-0.39, 0.29) is 29.2 Å². The number of hydrogen-bond acceptors (Lipinski definition) is 3. The van der Waals surface area contributed by atoms with Crippen LogP contribution in [0.15, 0.2) is 0 Å². The number of fused-ring (bicyclic) bond motifs is 1. The number of rotatable bonds is 4. The van der Waals surface area contributed by atoms with Gasteiger partial charge in [0.2, 0.25) is 5.91 Å². The standard InChI is InChI=1S/C17H27IN2O2/c1-10(21)14(11-7-5-4-6-8-11)19-16(22)15-13-12(9-20(15)18)17(13,2)3/h11-15H,4-9H2,1-3H3,(H,19,22)/t12?,13?,14-,15+/m1/s1. The van der Waals surface area contributed by atoms with E-state index in [1.54, 1.807) is 6.92 Å². The second kappa shape index (κ2) is 6.04. The first-order valence-electron chi connectivity index (χ1n) is 8.57. The second-order valence-electron chi connectivity index (χ2n) is 7.98. The van der Waals surface area contributed by atoms with E-state index in [9.17, 15) is 9.59 Å². The van der Waals surface area contributed by atoms with Crippen molar-refractivity contribution in [3.8, 4) is 0 Å². The first-order chi connectivity index (χ1) is 10.3. The predicted molar refractivity (Wildman–Crippen MR) is 94.5 cm³/mol. The van der Waals surface area contributed by atoms with Gasteiger partial charge in [0.15, 0.2) is 5.78 Å². The van der Waals surface area contributed by atoms with Crippen LogP contribution in [0.5, 0.6) is 0 Å². The Morgan fingerprint density at radius 2 is 1.86 bits per heavy atom. The summed E-state index contributed by atoms with van der Waals surface area (Å²) in [4.78, 5) is 24.9. The Balaban J connectivity index is 1.67. The van der Waals surface area contributed by atoms with Gasteiger partial charge in [0.25, 0.3) is 0 Å². The van der Waals surface area contributed by atoms with E-state index in [1.165, 1.54) is 19.3 Å². The molecule has 22 heavy (non-hydrogen) atoms. The van der Waals surface area contributed by atoms with Gasteiger partial charge in [-0.1, -0.05) is 33.1 Å². The van der Waals surface area contributed by atoms with Gasteiger partial charge < -0.3 is 5.32 Å². The van der Waals surface area contributed by atoms with Crippen LogP contribution in [0.1, 0.15) is 52.9 Å². The van der Waals surface area contributed by atoms with E-state index in [4.69, 9.17) is 0 Å². The van der Waals surface area contributed by atoms with Gasteiger partial charge in [-0.2, -0.15) is 0 Å². The van der Waals surface area contributed by atoms with Crippen molar-refractivity contribution < 1.29 is 9.59 Å². The monoisotopic (exact) mass is 418 g/mol. The van der Waals surface area contributed by atoms with Crippen molar-refractivity contribution in [2.24, 2.45) is 23.2 Å². The third kappa shape index (κ3) is 2.83. The van der Waals surface area contributed by atoms with Gasteiger partial charge in [0.1, 0.15) is 6.04 Å². The summed E-state index contributed by atoms with van der Waals surface area (Å²) in [6, 6.07) is -0.343. The highest BCUT2D eigenvalue weighted by Gasteiger charge is 2.68. The lowest BCUT2D eigenvalue weighted by molar-refractivity contribution is -0.130.